The van der Waals surface area contributed by atoms with Gasteiger partial charge in [-0.3, -0.25) is 0 Å². The summed E-state index contributed by atoms with van der Waals surface area (Å²) in [6.45, 7) is 1.63. The van der Waals surface area contributed by atoms with Gasteiger partial charge in [-0.2, -0.15) is 0 Å². The molecule has 0 aliphatic carbocycles. The molecule has 1 atom stereocenters. The van der Waals surface area contributed by atoms with Gasteiger partial charge in [-0.05, 0) is 0 Å². The number of sulfone groups is 1. The van der Waals surface area contributed by atoms with Gasteiger partial charge in [0.2, 0.25) is 0 Å². The number of rotatable bonds is 2. The summed E-state index contributed by atoms with van der Waals surface area (Å²) in [6.07, 6.45) is 0. The second-order valence-electron chi connectivity index (χ2n) is 1.21. The molecular formula is C3H6BrIO2S. The summed E-state index contributed by atoms with van der Waals surface area (Å²) < 4.78 is 20.9. The van der Waals surface area contributed by atoms with Crippen molar-refractivity contribution in [2.45, 2.75) is 9.09 Å². The van der Waals surface area contributed by atoms with Crippen molar-refractivity contribution in [3.63, 3.8) is 0 Å². The SMILES string of the molecule is CCS(=O)(=O)[C@@H](Br)I. The summed E-state index contributed by atoms with van der Waals surface area (Å²) in [5.74, 6) is 0.200. The minimum atomic E-state index is -2.83. The molecule has 0 aromatic rings. The molecule has 0 amide bonds. The van der Waals surface area contributed by atoms with Crippen LogP contribution in [0, 0.1) is 0 Å². The van der Waals surface area contributed by atoms with E-state index in [1.807, 2.05) is 22.6 Å². The van der Waals surface area contributed by atoms with Crippen LogP contribution in [0.15, 0.2) is 0 Å². The topological polar surface area (TPSA) is 34.1 Å². The second-order valence-corrected chi connectivity index (χ2v) is 8.91. The van der Waals surface area contributed by atoms with Gasteiger partial charge in [0.25, 0.3) is 0 Å². The molecule has 8 heavy (non-hydrogen) atoms. The molecule has 2 nitrogen and oxygen atoms in total. The zero-order valence-electron chi connectivity index (χ0n) is 4.27. The first-order valence-electron chi connectivity index (χ1n) is 2.00. The summed E-state index contributed by atoms with van der Waals surface area (Å²) in [4.78, 5) is 0. The lowest BCUT2D eigenvalue weighted by molar-refractivity contribution is 0.601. The maximum Gasteiger partial charge on any atom is 0.172 e. The Morgan fingerprint density at radius 3 is 2.12 bits per heavy atom. The minimum absolute atomic E-state index is 0.200. The molecule has 50 valence electrons. The normalized spacial score (nSPS) is 15.9. The molecular weight excluding hydrogens is 307 g/mol. The molecule has 0 saturated heterocycles. The van der Waals surface area contributed by atoms with Gasteiger partial charge in [0.1, 0.15) is 0 Å². The highest BCUT2D eigenvalue weighted by Gasteiger charge is 2.15. The third kappa shape index (κ3) is 2.63. The highest BCUT2D eigenvalue weighted by Crippen LogP contribution is 2.16. The first kappa shape index (κ1) is 9.16. The van der Waals surface area contributed by atoms with Crippen molar-refractivity contribution < 1.29 is 8.42 Å². The Hall–Kier alpha value is 1.16. The van der Waals surface area contributed by atoms with Gasteiger partial charge in [0, 0.05) is 5.75 Å². The van der Waals surface area contributed by atoms with Crippen molar-refractivity contribution >= 4 is 48.4 Å². The molecule has 0 bridgehead atoms. The molecule has 0 aliphatic rings. The average molecular weight is 313 g/mol. The van der Waals surface area contributed by atoms with E-state index in [0.29, 0.717) is 0 Å². The number of hydrogen-bond donors (Lipinski definition) is 0. The van der Waals surface area contributed by atoms with Crippen LogP contribution in [-0.2, 0) is 9.84 Å². The van der Waals surface area contributed by atoms with E-state index in [9.17, 15) is 8.42 Å². The summed E-state index contributed by atoms with van der Waals surface area (Å²) in [6, 6.07) is 0. The van der Waals surface area contributed by atoms with Crippen molar-refractivity contribution in [3.8, 4) is 0 Å². The summed E-state index contributed by atoms with van der Waals surface area (Å²) in [7, 11) is -2.83. The van der Waals surface area contributed by atoms with E-state index < -0.39 is 12.0 Å². The monoisotopic (exact) mass is 312 g/mol. The Labute approximate surface area is 71.2 Å². The fourth-order valence-corrected chi connectivity index (χ4v) is 2.25. The predicted molar refractivity (Wildman–Crippen MR) is 46.2 cm³/mol. The van der Waals surface area contributed by atoms with Gasteiger partial charge in [0.15, 0.2) is 12.0 Å². The van der Waals surface area contributed by atoms with E-state index in [0.717, 1.165) is 0 Å². The second kappa shape index (κ2) is 3.36. The Morgan fingerprint density at radius 2 is 2.12 bits per heavy atom. The Balaban J connectivity index is 4.17. The van der Waals surface area contributed by atoms with E-state index in [1.54, 1.807) is 6.92 Å². The third-order valence-electron chi connectivity index (χ3n) is 0.674. The fraction of sp³-hybridized carbons (Fsp3) is 1.00. The van der Waals surface area contributed by atoms with Crippen LogP contribution in [0.3, 0.4) is 0 Å². The van der Waals surface area contributed by atoms with Crippen LogP contribution in [-0.4, -0.2) is 16.3 Å². The van der Waals surface area contributed by atoms with E-state index in [4.69, 9.17) is 0 Å². The van der Waals surface area contributed by atoms with Crippen molar-refractivity contribution in [2.75, 3.05) is 5.75 Å². The molecule has 0 fully saturated rings. The van der Waals surface area contributed by atoms with Gasteiger partial charge >= 0.3 is 0 Å². The van der Waals surface area contributed by atoms with E-state index in [1.165, 1.54) is 0 Å². The van der Waals surface area contributed by atoms with Crippen molar-refractivity contribution in [2.24, 2.45) is 0 Å². The van der Waals surface area contributed by atoms with Crippen LogP contribution in [0.5, 0.6) is 0 Å². The van der Waals surface area contributed by atoms with Crippen LogP contribution in [0.1, 0.15) is 6.92 Å². The van der Waals surface area contributed by atoms with Crippen molar-refractivity contribution in [1.82, 2.24) is 0 Å². The molecule has 0 N–H and O–H groups in total. The van der Waals surface area contributed by atoms with Gasteiger partial charge in [-0.15, -0.1) is 0 Å². The maximum absolute atomic E-state index is 10.6. The van der Waals surface area contributed by atoms with Crippen molar-refractivity contribution in [1.29, 1.82) is 0 Å². The van der Waals surface area contributed by atoms with Gasteiger partial charge in [-0.1, -0.05) is 45.4 Å². The molecule has 0 rings (SSSR count). The number of halogens is 2. The van der Waals surface area contributed by atoms with E-state index in [-0.39, 0.29) is 5.75 Å². The number of hydrogen-bond acceptors (Lipinski definition) is 2. The van der Waals surface area contributed by atoms with Crippen LogP contribution >= 0.6 is 38.5 Å². The highest BCUT2D eigenvalue weighted by molar-refractivity contribution is 14.1. The zero-order chi connectivity index (χ0) is 6.78. The molecule has 0 heterocycles. The Morgan fingerprint density at radius 1 is 1.75 bits per heavy atom. The minimum Gasteiger partial charge on any atom is -0.227 e. The van der Waals surface area contributed by atoms with Gasteiger partial charge < -0.3 is 0 Å². The standard InChI is InChI=1S/C3H6BrIO2S/c1-2-8(6,7)3(4)5/h3H,2H2,1H3/t3-/m0/s1. The van der Waals surface area contributed by atoms with E-state index in [2.05, 4.69) is 15.9 Å². The van der Waals surface area contributed by atoms with E-state index >= 15 is 0 Å². The largest absolute Gasteiger partial charge is 0.227 e. The number of alkyl halides is 2. The fourth-order valence-electron chi connectivity index (χ4n) is 0.126. The maximum atomic E-state index is 10.6. The van der Waals surface area contributed by atoms with Gasteiger partial charge in [-0.25, -0.2) is 8.42 Å². The van der Waals surface area contributed by atoms with Crippen LogP contribution in [0.25, 0.3) is 0 Å². The summed E-state index contributed by atoms with van der Waals surface area (Å²) in [5.41, 5.74) is 0. The molecule has 0 aromatic carbocycles. The molecule has 5 heteroatoms. The molecule has 0 aromatic heterocycles. The van der Waals surface area contributed by atoms with Crippen LogP contribution < -0.4 is 0 Å². The first-order valence-corrected chi connectivity index (χ1v) is 5.88. The molecule has 0 aliphatic heterocycles. The lowest BCUT2D eigenvalue weighted by Gasteiger charge is -1.97. The zero-order valence-corrected chi connectivity index (χ0v) is 8.83. The molecule has 0 spiro atoms. The Kier molecular flexibility index (Phi) is 3.85. The summed E-state index contributed by atoms with van der Waals surface area (Å²) >= 11 is 4.77. The van der Waals surface area contributed by atoms with Crippen LogP contribution in [0.4, 0.5) is 0 Å². The predicted octanol–water partition coefficient (Wildman–Crippen LogP) is 1.53. The van der Waals surface area contributed by atoms with Crippen LogP contribution in [0.2, 0.25) is 0 Å². The van der Waals surface area contributed by atoms with Gasteiger partial charge in [0.05, 0.1) is 0 Å². The molecule has 0 radical (unpaired) electrons. The van der Waals surface area contributed by atoms with Crippen molar-refractivity contribution in [3.05, 3.63) is 0 Å². The highest BCUT2D eigenvalue weighted by atomic mass is 127. The lowest BCUT2D eigenvalue weighted by Crippen LogP contribution is -2.09. The Bertz CT molecular complexity index is 151. The average Bonchev–Trinajstić information content (AvgIpc) is 1.67. The summed E-state index contributed by atoms with van der Waals surface area (Å²) in [5, 5.41) is 0. The quantitative estimate of drug-likeness (QED) is 0.572. The third-order valence-corrected chi connectivity index (χ3v) is 6.05. The molecule has 0 unspecified atom stereocenters. The molecule has 0 saturated carbocycles. The lowest BCUT2D eigenvalue weighted by atomic mass is 11.0. The first-order chi connectivity index (χ1) is 3.50. The smallest absolute Gasteiger partial charge is 0.172 e.